The second-order valence-electron chi connectivity index (χ2n) is 5.91. The predicted octanol–water partition coefficient (Wildman–Crippen LogP) is 2.87. The quantitative estimate of drug-likeness (QED) is 0.798. The van der Waals surface area contributed by atoms with Crippen LogP contribution in [0, 0.1) is 6.92 Å². The molecule has 7 heteroatoms. The lowest BCUT2D eigenvalue weighted by Gasteiger charge is -2.24. The molecule has 0 radical (unpaired) electrons. The molecule has 0 spiro atoms. The molecule has 0 unspecified atom stereocenters. The SMILES string of the molecule is CNc1cncc([C@H]2CCCN2Cc2c(C)nc3sccn23)n1. The first-order valence-corrected chi connectivity index (χ1v) is 8.79. The van der Waals surface area contributed by atoms with Crippen molar-refractivity contribution in [3.05, 3.63) is 41.1 Å². The van der Waals surface area contributed by atoms with Crippen molar-refractivity contribution in [1.82, 2.24) is 24.3 Å². The standard InChI is InChI=1S/C16H20N6S/c1-11-14(22-6-7-23-16(22)19-11)10-21-5-3-4-13(21)12-8-18-9-15(17-2)20-12/h6-9,13H,3-5,10H2,1-2H3,(H,17,20)/t13-/m1/s1. The largest absolute Gasteiger partial charge is 0.372 e. The molecule has 0 aromatic carbocycles. The van der Waals surface area contributed by atoms with Crippen LogP contribution in [0.1, 0.15) is 36.0 Å². The van der Waals surface area contributed by atoms with Gasteiger partial charge in [-0.2, -0.15) is 0 Å². The monoisotopic (exact) mass is 328 g/mol. The molecule has 6 nitrogen and oxygen atoms in total. The van der Waals surface area contributed by atoms with E-state index >= 15 is 0 Å². The number of likely N-dealkylation sites (tertiary alicyclic amines) is 1. The molecule has 4 rings (SSSR count). The molecular formula is C16H20N6S. The Morgan fingerprint density at radius 1 is 1.35 bits per heavy atom. The van der Waals surface area contributed by atoms with E-state index in [1.165, 1.54) is 12.1 Å². The number of thiazole rings is 1. The third-order valence-corrected chi connectivity index (χ3v) is 5.29. The summed E-state index contributed by atoms with van der Waals surface area (Å²) in [6.07, 6.45) is 8.10. The lowest BCUT2D eigenvalue weighted by Crippen LogP contribution is -2.24. The van der Waals surface area contributed by atoms with Gasteiger partial charge in [-0.25, -0.2) is 9.97 Å². The molecule has 1 aliphatic heterocycles. The van der Waals surface area contributed by atoms with E-state index in [2.05, 4.69) is 43.1 Å². The third kappa shape index (κ3) is 2.60. The second-order valence-corrected chi connectivity index (χ2v) is 6.78. The van der Waals surface area contributed by atoms with Crippen molar-refractivity contribution in [1.29, 1.82) is 0 Å². The van der Waals surface area contributed by atoms with Crippen molar-refractivity contribution in [2.24, 2.45) is 0 Å². The molecule has 0 aliphatic carbocycles. The summed E-state index contributed by atoms with van der Waals surface area (Å²) in [7, 11) is 1.88. The molecule has 0 bridgehead atoms. The van der Waals surface area contributed by atoms with Crippen LogP contribution in [0.5, 0.6) is 0 Å². The van der Waals surface area contributed by atoms with Crippen molar-refractivity contribution in [2.45, 2.75) is 32.4 Å². The number of nitrogens with zero attached hydrogens (tertiary/aromatic N) is 5. The van der Waals surface area contributed by atoms with Crippen molar-refractivity contribution in [2.75, 3.05) is 18.9 Å². The van der Waals surface area contributed by atoms with Gasteiger partial charge in [0.05, 0.1) is 35.5 Å². The molecule has 1 atom stereocenters. The zero-order valence-electron chi connectivity index (χ0n) is 13.4. The molecule has 1 fully saturated rings. The summed E-state index contributed by atoms with van der Waals surface area (Å²) >= 11 is 1.69. The van der Waals surface area contributed by atoms with Crippen LogP contribution in [0.3, 0.4) is 0 Å². The van der Waals surface area contributed by atoms with E-state index in [9.17, 15) is 0 Å². The fraction of sp³-hybridized carbons (Fsp3) is 0.438. The average molecular weight is 328 g/mol. The number of aryl methyl sites for hydroxylation is 1. The summed E-state index contributed by atoms with van der Waals surface area (Å²) in [4.78, 5) is 17.2. The van der Waals surface area contributed by atoms with Gasteiger partial charge in [-0.3, -0.25) is 14.3 Å². The Morgan fingerprint density at radius 2 is 2.26 bits per heavy atom. The van der Waals surface area contributed by atoms with E-state index in [4.69, 9.17) is 4.98 Å². The number of anilines is 1. The number of imidazole rings is 1. The maximum atomic E-state index is 4.69. The van der Waals surface area contributed by atoms with Gasteiger partial charge in [0.25, 0.3) is 0 Å². The van der Waals surface area contributed by atoms with Gasteiger partial charge >= 0.3 is 0 Å². The number of rotatable bonds is 4. The molecule has 4 heterocycles. The Morgan fingerprint density at radius 3 is 3.13 bits per heavy atom. The molecule has 1 saturated heterocycles. The van der Waals surface area contributed by atoms with Crippen LogP contribution < -0.4 is 5.32 Å². The van der Waals surface area contributed by atoms with Crippen LogP contribution in [0.15, 0.2) is 24.0 Å². The minimum Gasteiger partial charge on any atom is -0.372 e. The summed E-state index contributed by atoms with van der Waals surface area (Å²) in [6, 6.07) is 0.333. The van der Waals surface area contributed by atoms with Crippen LogP contribution in [0.25, 0.3) is 4.96 Å². The lowest BCUT2D eigenvalue weighted by molar-refractivity contribution is 0.240. The van der Waals surface area contributed by atoms with Crippen LogP contribution in [-0.4, -0.2) is 37.8 Å². The van der Waals surface area contributed by atoms with Gasteiger partial charge in [-0.15, -0.1) is 11.3 Å². The number of hydrogen-bond acceptors (Lipinski definition) is 6. The van der Waals surface area contributed by atoms with Gasteiger partial charge in [-0.1, -0.05) is 0 Å². The Labute approximate surface area is 139 Å². The van der Waals surface area contributed by atoms with E-state index in [0.29, 0.717) is 6.04 Å². The summed E-state index contributed by atoms with van der Waals surface area (Å²) in [5, 5.41) is 5.17. The molecule has 0 saturated carbocycles. The fourth-order valence-electron chi connectivity index (χ4n) is 3.34. The number of fused-ring (bicyclic) bond motifs is 1. The Balaban J connectivity index is 1.62. The summed E-state index contributed by atoms with van der Waals surface area (Å²) in [6.45, 7) is 4.09. The number of aromatic nitrogens is 4. The Bertz CT molecular complexity index is 823. The van der Waals surface area contributed by atoms with Gasteiger partial charge < -0.3 is 5.32 Å². The maximum absolute atomic E-state index is 4.69. The molecule has 3 aromatic heterocycles. The van der Waals surface area contributed by atoms with Crippen molar-refractivity contribution in [3.8, 4) is 0 Å². The molecule has 0 amide bonds. The summed E-state index contributed by atoms with van der Waals surface area (Å²) in [5.41, 5.74) is 3.46. The van der Waals surface area contributed by atoms with Crippen LogP contribution in [0.4, 0.5) is 5.82 Å². The normalized spacial score (nSPS) is 18.8. The zero-order chi connectivity index (χ0) is 15.8. The lowest BCUT2D eigenvalue weighted by atomic mass is 10.1. The van der Waals surface area contributed by atoms with E-state index in [1.54, 1.807) is 17.5 Å². The minimum atomic E-state index is 0.333. The first-order chi connectivity index (χ1) is 11.3. The van der Waals surface area contributed by atoms with Crippen LogP contribution in [0.2, 0.25) is 0 Å². The molecule has 3 aromatic rings. The highest BCUT2D eigenvalue weighted by Crippen LogP contribution is 2.33. The topological polar surface area (TPSA) is 58.4 Å². The van der Waals surface area contributed by atoms with Crippen LogP contribution >= 0.6 is 11.3 Å². The maximum Gasteiger partial charge on any atom is 0.194 e. The molecule has 23 heavy (non-hydrogen) atoms. The minimum absolute atomic E-state index is 0.333. The van der Waals surface area contributed by atoms with Crippen molar-refractivity contribution < 1.29 is 0 Å². The molecule has 1 aliphatic rings. The average Bonchev–Trinajstić information content (AvgIpc) is 3.26. The van der Waals surface area contributed by atoms with Crippen molar-refractivity contribution >= 4 is 22.1 Å². The fourth-order valence-corrected chi connectivity index (χ4v) is 4.11. The van der Waals surface area contributed by atoms with E-state index < -0.39 is 0 Å². The van der Waals surface area contributed by atoms with E-state index in [0.717, 1.165) is 41.7 Å². The van der Waals surface area contributed by atoms with Gasteiger partial charge in [0, 0.05) is 25.2 Å². The highest BCUT2D eigenvalue weighted by Gasteiger charge is 2.29. The first-order valence-electron chi connectivity index (χ1n) is 7.91. The van der Waals surface area contributed by atoms with Gasteiger partial charge in [-0.05, 0) is 26.3 Å². The van der Waals surface area contributed by atoms with Gasteiger partial charge in [0.15, 0.2) is 4.96 Å². The number of nitrogens with one attached hydrogen (secondary N) is 1. The Kier molecular flexibility index (Phi) is 3.74. The van der Waals surface area contributed by atoms with Crippen LogP contribution in [-0.2, 0) is 6.54 Å². The smallest absolute Gasteiger partial charge is 0.194 e. The highest BCUT2D eigenvalue weighted by atomic mass is 32.1. The predicted molar refractivity (Wildman–Crippen MR) is 91.8 cm³/mol. The molecule has 120 valence electrons. The molecular weight excluding hydrogens is 308 g/mol. The number of hydrogen-bond donors (Lipinski definition) is 1. The van der Waals surface area contributed by atoms with E-state index in [-0.39, 0.29) is 0 Å². The zero-order valence-corrected chi connectivity index (χ0v) is 14.2. The highest BCUT2D eigenvalue weighted by molar-refractivity contribution is 7.15. The third-order valence-electron chi connectivity index (χ3n) is 4.53. The molecule has 1 N–H and O–H groups in total. The van der Waals surface area contributed by atoms with Gasteiger partial charge in [0.2, 0.25) is 0 Å². The second kappa shape index (κ2) is 5.90. The van der Waals surface area contributed by atoms with Crippen molar-refractivity contribution in [3.63, 3.8) is 0 Å². The van der Waals surface area contributed by atoms with E-state index in [1.807, 2.05) is 13.2 Å². The van der Waals surface area contributed by atoms with Gasteiger partial charge in [0.1, 0.15) is 5.82 Å². The summed E-state index contributed by atoms with van der Waals surface area (Å²) < 4.78 is 2.21. The Hall–Kier alpha value is -1.99. The summed E-state index contributed by atoms with van der Waals surface area (Å²) in [5.74, 6) is 0.829. The first kappa shape index (κ1) is 14.6.